The minimum absolute atomic E-state index is 0.0715. The van der Waals surface area contributed by atoms with Gasteiger partial charge < -0.3 is 10.1 Å². The molecule has 0 bridgehead atoms. The molecule has 1 aliphatic heterocycles. The molecule has 0 unspecified atom stereocenters. The quantitative estimate of drug-likeness (QED) is 0.614. The first-order chi connectivity index (χ1) is 15.2. The zero-order chi connectivity index (χ0) is 23.3. The number of ether oxygens (including phenoxy) is 1. The van der Waals surface area contributed by atoms with Crippen molar-refractivity contribution < 1.29 is 27.5 Å². The Morgan fingerprint density at radius 1 is 1.19 bits per heavy atom. The molecule has 1 saturated heterocycles. The molecule has 0 aliphatic carbocycles. The van der Waals surface area contributed by atoms with Gasteiger partial charge in [0.2, 0.25) is 0 Å². The van der Waals surface area contributed by atoms with Crippen LogP contribution in [0.3, 0.4) is 0 Å². The van der Waals surface area contributed by atoms with Crippen molar-refractivity contribution >= 4 is 23.5 Å². The summed E-state index contributed by atoms with van der Waals surface area (Å²) in [6.07, 6.45) is -2.64. The van der Waals surface area contributed by atoms with Gasteiger partial charge in [-0.3, -0.25) is 14.5 Å². The third kappa shape index (κ3) is 6.01. The summed E-state index contributed by atoms with van der Waals surface area (Å²) in [7, 11) is 1.30. The van der Waals surface area contributed by atoms with E-state index in [4.69, 9.17) is 16.3 Å². The van der Waals surface area contributed by atoms with Crippen LogP contribution >= 0.6 is 11.6 Å². The summed E-state index contributed by atoms with van der Waals surface area (Å²) in [5, 5.41) is 2.65. The highest BCUT2D eigenvalue weighted by molar-refractivity contribution is 6.33. The first-order valence-corrected chi connectivity index (χ1v) is 10.6. The molecule has 1 fully saturated rings. The lowest BCUT2D eigenvalue weighted by Gasteiger charge is -2.22. The van der Waals surface area contributed by atoms with E-state index in [1.54, 1.807) is 0 Å². The van der Waals surface area contributed by atoms with E-state index in [2.05, 4.69) is 5.32 Å². The first kappa shape index (κ1) is 24.1. The van der Waals surface area contributed by atoms with Crippen LogP contribution in [0.15, 0.2) is 48.5 Å². The Labute approximate surface area is 189 Å². The van der Waals surface area contributed by atoms with Gasteiger partial charge in [-0.05, 0) is 49.6 Å². The maximum atomic E-state index is 13.0. The molecule has 32 heavy (non-hydrogen) atoms. The van der Waals surface area contributed by atoms with Crippen LogP contribution < -0.4 is 5.32 Å². The lowest BCUT2D eigenvalue weighted by Crippen LogP contribution is -2.38. The fourth-order valence-electron chi connectivity index (χ4n) is 3.91. The maximum absolute atomic E-state index is 13.0. The number of methoxy groups -OCH3 is 1. The van der Waals surface area contributed by atoms with Crippen LogP contribution in [0.25, 0.3) is 0 Å². The van der Waals surface area contributed by atoms with Crippen molar-refractivity contribution in [2.45, 2.75) is 37.5 Å². The van der Waals surface area contributed by atoms with Gasteiger partial charge in [0.25, 0.3) is 5.91 Å². The molecular weight excluding hydrogens is 445 g/mol. The summed E-state index contributed by atoms with van der Waals surface area (Å²) in [6.45, 7) is 1.00. The molecule has 5 nitrogen and oxygen atoms in total. The Balaban J connectivity index is 1.65. The summed E-state index contributed by atoms with van der Waals surface area (Å²) in [5.41, 5.74) is -0.0163. The molecule has 172 valence electrons. The predicted molar refractivity (Wildman–Crippen MR) is 114 cm³/mol. The number of esters is 1. The Morgan fingerprint density at radius 3 is 2.56 bits per heavy atom. The number of aryl methyl sites for hydroxylation is 1. The summed E-state index contributed by atoms with van der Waals surface area (Å²) in [4.78, 5) is 26.8. The number of nitrogens with one attached hydrogen (secondary N) is 1. The van der Waals surface area contributed by atoms with Crippen LogP contribution in [-0.2, 0) is 22.1 Å². The van der Waals surface area contributed by atoms with Gasteiger partial charge >= 0.3 is 12.1 Å². The molecule has 2 aromatic rings. The Kier molecular flexibility index (Phi) is 7.79. The van der Waals surface area contributed by atoms with Crippen LogP contribution in [0.1, 0.15) is 34.3 Å². The van der Waals surface area contributed by atoms with E-state index < -0.39 is 35.7 Å². The molecule has 0 radical (unpaired) electrons. The monoisotopic (exact) mass is 468 g/mol. The number of alkyl halides is 3. The van der Waals surface area contributed by atoms with E-state index in [1.807, 2.05) is 35.2 Å². The number of carbonyl (C=O) groups is 2. The van der Waals surface area contributed by atoms with Crippen LogP contribution in [0.2, 0.25) is 5.02 Å². The molecule has 1 heterocycles. The third-order valence-electron chi connectivity index (χ3n) is 5.50. The number of hydrogen-bond acceptors (Lipinski definition) is 4. The summed E-state index contributed by atoms with van der Waals surface area (Å²) < 4.78 is 43.9. The topological polar surface area (TPSA) is 58.6 Å². The minimum atomic E-state index is -4.58. The highest BCUT2D eigenvalue weighted by Gasteiger charge is 2.38. The van der Waals surface area contributed by atoms with Crippen LogP contribution in [0.4, 0.5) is 13.2 Å². The minimum Gasteiger partial charge on any atom is -0.468 e. The van der Waals surface area contributed by atoms with Crippen LogP contribution in [0.5, 0.6) is 0 Å². The molecule has 0 spiro atoms. The smallest absolute Gasteiger partial charge is 0.416 e. The molecule has 1 amide bonds. The highest BCUT2D eigenvalue weighted by atomic mass is 35.5. The number of halogens is 4. The van der Waals surface area contributed by atoms with Crippen LogP contribution in [0, 0.1) is 0 Å². The van der Waals surface area contributed by atoms with Gasteiger partial charge in [-0.1, -0.05) is 41.9 Å². The number of likely N-dealkylation sites (tertiary alicyclic amines) is 1. The van der Waals surface area contributed by atoms with E-state index in [0.717, 1.165) is 31.0 Å². The Bertz CT molecular complexity index is 953. The molecule has 9 heteroatoms. The zero-order valence-corrected chi connectivity index (χ0v) is 18.2. The zero-order valence-electron chi connectivity index (χ0n) is 17.5. The second kappa shape index (κ2) is 10.4. The van der Waals surface area contributed by atoms with Crippen molar-refractivity contribution in [1.82, 2.24) is 10.2 Å². The number of hydrogen-bond donors (Lipinski definition) is 1. The van der Waals surface area contributed by atoms with Crippen LogP contribution in [-0.4, -0.2) is 49.1 Å². The largest absolute Gasteiger partial charge is 0.468 e. The molecule has 0 saturated carbocycles. The highest BCUT2D eigenvalue weighted by Crippen LogP contribution is 2.32. The number of benzene rings is 2. The number of amides is 1. The molecule has 1 N–H and O–H groups in total. The van der Waals surface area contributed by atoms with Gasteiger partial charge in [-0.2, -0.15) is 13.2 Å². The molecule has 2 aromatic carbocycles. The van der Waals surface area contributed by atoms with Crippen molar-refractivity contribution in [3.63, 3.8) is 0 Å². The van der Waals surface area contributed by atoms with Crippen molar-refractivity contribution in [2.75, 3.05) is 20.2 Å². The molecule has 2 atom stereocenters. The van der Waals surface area contributed by atoms with Gasteiger partial charge in [-0.25, -0.2) is 0 Å². The van der Waals surface area contributed by atoms with Crippen molar-refractivity contribution in [3.8, 4) is 0 Å². The maximum Gasteiger partial charge on any atom is 0.416 e. The Hall–Kier alpha value is -2.58. The number of nitrogens with zero attached hydrogens (tertiary/aromatic N) is 1. The van der Waals surface area contributed by atoms with E-state index in [0.29, 0.717) is 19.5 Å². The lowest BCUT2D eigenvalue weighted by molar-refractivity contribution is -0.145. The fraction of sp³-hybridized carbons (Fsp3) is 0.391. The van der Waals surface area contributed by atoms with E-state index >= 15 is 0 Å². The van der Waals surface area contributed by atoms with Gasteiger partial charge in [0.05, 0.1) is 23.3 Å². The summed E-state index contributed by atoms with van der Waals surface area (Å²) in [5.74, 6) is -1.11. The standard InChI is InChI=1S/C23H24ClF3N2O3/c1-32-22(31)20-13-17(14-29(20)11-5-8-15-6-3-2-4-7-15)28-21(30)18-12-16(23(25,26)27)9-10-19(18)24/h2-4,6-7,9-10,12,17,20H,5,8,11,13-14H2,1H3,(H,28,30)/t17-,20-/m0/s1. The molecule has 0 aromatic heterocycles. The SMILES string of the molecule is COC(=O)[C@@H]1C[C@H](NC(=O)c2cc(C(F)(F)F)ccc2Cl)CN1CCCc1ccccc1. The van der Waals surface area contributed by atoms with Gasteiger partial charge in [0.15, 0.2) is 0 Å². The molecule has 3 rings (SSSR count). The second-order valence-corrected chi connectivity index (χ2v) is 8.13. The average Bonchev–Trinajstić information content (AvgIpc) is 3.15. The van der Waals surface area contributed by atoms with E-state index in [9.17, 15) is 22.8 Å². The van der Waals surface area contributed by atoms with E-state index in [-0.39, 0.29) is 10.6 Å². The van der Waals surface area contributed by atoms with Gasteiger partial charge in [0, 0.05) is 12.6 Å². The van der Waals surface area contributed by atoms with E-state index in [1.165, 1.54) is 12.7 Å². The predicted octanol–water partition coefficient (Wildman–Crippen LogP) is 4.34. The third-order valence-corrected chi connectivity index (χ3v) is 5.83. The number of carbonyl (C=O) groups excluding carboxylic acids is 2. The van der Waals surface area contributed by atoms with Crippen molar-refractivity contribution in [3.05, 3.63) is 70.2 Å². The fourth-order valence-corrected chi connectivity index (χ4v) is 4.11. The van der Waals surface area contributed by atoms with Crippen molar-refractivity contribution in [1.29, 1.82) is 0 Å². The second-order valence-electron chi connectivity index (χ2n) is 7.72. The summed E-state index contributed by atoms with van der Waals surface area (Å²) in [6, 6.07) is 11.6. The van der Waals surface area contributed by atoms with Gasteiger partial charge in [0.1, 0.15) is 6.04 Å². The lowest BCUT2D eigenvalue weighted by atomic mass is 10.1. The Morgan fingerprint density at radius 2 is 1.91 bits per heavy atom. The molecular formula is C23H24ClF3N2O3. The normalized spacial score (nSPS) is 19.0. The van der Waals surface area contributed by atoms with Crippen molar-refractivity contribution in [2.24, 2.45) is 0 Å². The molecule has 1 aliphatic rings. The first-order valence-electron chi connectivity index (χ1n) is 10.2. The van der Waals surface area contributed by atoms with Gasteiger partial charge in [-0.15, -0.1) is 0 Å². The number of rotatable bonds is 7. The summed E-state index contributed by atoms with van der Waals surface area (Å²) >= 11 is 5.97. The average molecular weight is 469 g/mol.